The normalized spacial score (nSPS) is 17.2. The molecule has 0 spiro atoms. The zero-order valence-corrected chi connectivity index (χ0v) is 18.1. The van der Waals surface area contributed by atoms with E-state index in [4.69, 9.17) is 4.74 Å². The summed E-state index contributed by atoms with van der Waals surface area (Å²) in [5.41, 5.74) is 3.01. The molecule has 2 aromatic rings. The fourth-order valence-corrected chi connectivity index (χ4v) is 3.81. The highest BCUT2D eigenvalue weighted by Gasteiger charge is 2.31. The number of allylic oxidation sites excluding steroid dienone is 2. The number of hydrogen-bond donors (Lipinski definition) is 0. The summed E-state index contributed by atoms with van der Waals surface area (Å²) in [5.74, 6) is -0.297. The Labute approximate surface area is 182 Å². The van der Waals surface area contributed by atoms with Crippen LogP contribution in [0.25, 0.3) is 17.0 Å². The van der Waals surface area contributed by atoms with Crippen LogP contribution in [0.15, 0.2) is 61.1 Å². The van der Waals surface area contributed by atoms with Crippen LogP contribution in [0.2, 0.25) is 0 Å². The van der Waals surface area contributed by atoms with Crippen molar-refractivity contribution in [2.45, 2.75) is 45.2 Å². The number of carbonyl (C=O) groups is 1. The van der Waals surface area contributed by atoms with E-state index in [-0.39, 0.29) is 23.7 Å². The molecule has 0 radical (unpaired) electrons. The van der Waals surface area contributed by atoms with E-state index < -0.39 is 5.95 Å². The maximum Gasteiger partial charge on any atom is 0.410 e. The highest BCUT2D eigenvalue weighted by Crippen LogP contribution is 2.32. The summed E-state index contributed by atoms with van der Waals surface area (Å²) in [4.78, 5) is 26.4. The molecule has 2 atom stereocenters. The molecule has 2 aromatic heterocycles. The molecule has 1 aliphatic carbocycles. The van der Waals surface area contributed by atoms with Crippen molar-refractivity contribution in [2.24, 2.45) is 0 Å². The Morgan fingerprint density at radius 2 is 2.10 bits per heavy atom. The van der Waals surface area contributed by atoms with Gasteiger partial charge in [-0.25, -0.2) is 19.7 Å². The number of rotatable bonds is 6. The Hall–Kier alpha value is -3.35. The lowest BCUT2D eigenvalue weighted by molar-refractivity contribution is 0.0907. The van der Waals surface area contributed by atoms with Gasteiger partial charge in [-0.15, -0.1) is 0 Å². The second-order valence-corrected chi connectivity index (χ2v) is 7.42. The predicted molar refractivity (Wildman–Crippen MR) is 118 cm³/mol. The van der Waals surface area contributed by atoms with Crippen LogP contribution >= 0.6 is 0 Å². The Balaban J connectivity index is 1.83. The van der Waals surface area contributed by atoms with Gasteiger partial charge in [0.1, 0.15) is 0 Å². The molecule has 0 saturated carbocycles. The highest BCUT2D eigenvalue weighted by molar-refractivity contribution is 5.72. The number of aromatic nitrogens is 3. The van der Waals surface area contributed by atoms with Gasteiger partial charge in [0.25, 0.3) is 0 Å². The molecule has 31 heavy (non-hydrogen) atoms. The lowest BCUT2D eigenvalue weighted by Crippen LogP contribution is -2.47. The van der Waals surface area contributed by atoms with Crippen LogP contribution in [0.4, 0.5) is 9.18 Å². The van der Waals surface area contributed by atoms with E-state index in [9.17, 15) is 9.18 Å². The minimum atomic E-state index is -0.600. The van der Waals surface area contributed by atoms with E-state index in [0.717, 1.165) is 29.6 Å². The van der Waals surface area contributed by atoms with Crippen molar-refractivity contribution in [3.05, 3.63) is 72.6 Å². The molecule has 0 aromatic carbocycles. The van der Waals surface area contributed by atoms with E-state index in [1.165, 1.54) is 13.3 Å². The predicted octanol–water partition coefficient (Wildman–Crippen LogP) is 5.20. The van der Waals surface area contributed by atoms with Crippen LogP contribution in [0, 0.1) is 5.95 Å². The van der Waals surface area contributed by atoms with Crippen molar-refractivity contribution in [3.8, 4) is 11.4 Å². The van der Waals surface area contributed by atoms with E-state index in [2.05, 4.69) is 27.6 Å². The first kappa shape index (κ1) is 22.3. The molecule has 0 N–H and O–H groups in total. The molecule has 2 unspecified atom stereocenters. The summed E-state index contributed by atoms with van der Waals surface area (Å²) < 4.78 is 19.3. The van der Waals surface area contributed by atoms with E-state index >= 15 is 0 Å². The standard InChI is InChI=1S/C24H27FN4O2/c1-5-7-16(2)17(3)29(24(30)31-4)20-10-8-18(9-11-20)19-14-21(22(25)28-15-19)23-26-12-6-13-27-23/h5-8,12-15,17,20H,2,9-11H2,1,3-4H3. The van der Waals surface area contributed by atoms with E-state index in [1.807, 2.05) is 26.0 Å². The maximum atomic E-state index is 14.3. The molecule has 162 valence electrons. The van der Waals surface area contributed by atoms with Gasteiger partial charge in [0.2, 0.25) is 5.95 Å². The molecule has 1 aliphatic rings. The quantitative estimate of drug-likeness (QED) is 0.473. The van der Waals surface area contributed by atoms with Gasteiger partial charge < -0.3 is 4.74 Å². The molecule has 0 aliphatic heterocycles. The number of methoxy groups -OCH3 is 1. The summed E-state index contributed by atoms with van der Waals surface area (Å²) >= 11 is 0. The SMILES string of the molecule is C=C(C=CC)C(C)N(C(=O)OC)C1CC=C(c2cnc(F)c(-c3ncccn3)c2)CC1. The summed E-state index contributed by atoms with van der Waals surface area (Å²) in [6, 6.07) is 3.22. The van der Waals surface area contributed by atoms with Gasteiger partial charge in [-0.05, 0) is 62.0 Å². The molecular formula is C24H27FN4O2. The lowest BCUT2D eigenvalue weighted by atomic mass is 9.89. The number of hydrogen-bond acceptors (Lipinski definition) is 5. The summed E-state index contributed by atoms with van der Waals surface area (Å²) in [5, 5.41) is 0. The summed E-state index contributed by atoms with van der Waals surface area (Å²) in [7, 11) is 1.39. The molecular weight excluding hydrogens is 395 g/mol. The molecule has 0 bridgehead atoms. The Morgan fingerprint density at radius 1 is 1.35 bits per heavy atom. The van der Waals surface area contributed by atoms with Crippen molar-refractivity contribution >= 4 is 11.7 Å². The van der Waals surface area contributed by atoms with Crippen LogP contribution in [0.3, 0.4) is 0 Å². The largest absolute Gasteiger partial charge is 0.453 e. The maximum absolute atomic E-state index is 14.3. The molecule has 0 fully saturated rings. The molecule has 6 nitrogen and oxygen atoms in total. The number of halogens is 1. The summed E-state index contributed by atoms with van der Waals surface area (Å²) in [6.07, 6.45) is 12.3. The Kier molecular flexibility index (Phi) is 7.28. The average Bonchev–Trinajstić information content (AvgIpc) is 2.80. The van der Waals surface area contributed by atoms with Crippen molar-refractivity contribution < 1.29 is 13.9 Å². The number of pyridine rings is 1. The molecule has 3 rings (SSSR count). The monoisotopic (exact) mass is 422 g/mol. The third-order valence-electron chi connectivity index (χ3n) is 5.51. The van der Waals surface area contributed by atoms with Crippen molar-refractivity contribution in [2.75, 3.05) is 7.11 Å². The van der Waals surface area contributed by atoms with Crippen molar-refractivity contribution in [1.82, 2.24) is 19.9 Å². The van der Waals surface area contributed by atoms with Crippen LogP contribution in [0.5, 0.6) is 0 Å². The van der Waals surface area contributed by atoms with Gasteiger partial charge in [0.05, 0.1) is 18.7 Å². The van der Waals surface area contributed by atoms with Crippen molar-refractivity contribution in [1.29, 1.82) is 0 Å². The zero-order valence-electron chi connectivity index (χ0n) is 18.1. The second kappa shape index (κ2) is 10.1. The molecule has 7 heteroatoms. The topological polar surface area (TPSA) is 68.2 Å². The fraction of sp³-hybridized carbons (Fsp3) is 0.333. The Morgan fingerprint density at radius 3 is 2.71 bits per heavy atom. The Bertz CT molecular complexity index is 1000. The highest BCUT2D eigenvalue weighted by atomic mass is 19.1. The number of ether oxygens (including phenoxy) is 1. The van der Waals surface area contributed by atoms with Gasteiger partial charge in [-0.3, -0.25) is 4.90 Å². The van der Waals surface area contributed by atoms with E-state index in [0.29, 0.717) is 12.2 Å². The van der Waals surface area contributed by atoms with Gasteiger partial charge in [-0.1, -0.05) is 24.8 Å². The van der Waals surface area contributed by atoms with Crippen LogP contribution < -0.4 is 0 Å². The average molecular weight is 423 g/mol. The van der Waals surface area contributed by atoms with E-state index in [1.54, 1.807) is 29.4 Å². The third-order valence-corrected chi connectivity index (χ3v) is 5.51. The first-order valence-corrected chi connectivity index (χ1v) is 10.3. The van der Waals surface area contributed by atoms with Crippen LogP contribution in [-0.2, 0) is 4.74 Å². The minimum Gasteiger partial charge on any atom is -0.453 e. The van der Waals surface area contributed by atoms with Gasteiger partial charge >= 0.3 is 6.09 Å². The van der Waals surface area contributed by atoms with Gasteiger partial charge in [-0.2, -0.15) is 4.39 Å². The molecule has 1 amide bonds. The van der Waals surface area contributed by atoms with Crippen LogP contribution in [0.1, 0.15) is 38.7 Å². The number of amides is 1. The molecule has 2 heterocycles. The van der Waals surface area contributed by atoms with Gasteiger partial charge in [0.15, 0.2) is 5.82 Å². The van der Waals surface area contributed by atoms with Crippen LogP contribution in [-0.4, -0.2) is 45.1 Å². The summed E-state index contributed by atoms with van der Waals surface area (Å²) in [6.45, 7) is 7.95. The first-order valence-electron chi connectivity index (χ1n) is 10.3. The molecule has 0 saturated heterocycles. The van der Waals surface area contributed by atoms with Gasteiger partial charge in [0, 0.05) is 24.6 Å². The fourth-order valence-electron chi connectivity index (χ4n) is 3.81. The zero-order chi connectivity index (χ0) is 22.4. The minimum absolute atomic E-state index is 0.0152. The first-order chi connectivity index (χ1) is 15.0. The number of nitrogens with zero attached hydrogens (tertiary/aromatic N) is 4. The number of carbonyl (C=O) groups excluding carboxylic acids is 1. The second-order valence-electron chi connectivity index (χ2n) is 7.42. The third kappa shape index (κ3) is 5.05. The smallest absolute Gasteiger partial charge is 0.410 e. The lowest BCUT2D eigenvalue weighted by Gasteiger charge is -2.37. The van der Waals surface area contributed by atoms with Crippen molar-refractivity contribution in [3.63, 3.8) is 0 Å².